The Hall–Kier alpha value is -1.17. The van der Waals surface area contributed by atoms with Crippen LogP contribution in [0.3, 0.4) is 0 Å². The Bertz CT molecular complexity index is 504. The van der Waals surface area contributed by atoms with Gasteiger partial charge in [-0.3, -0.25) is 0 Å². The van der Waals surface area contributed by atoms with Crippen LogP contribution in [0.4, 0.5) is 0 Å². The van der Waals surface area contributed by atoms with Crippen molar-refractivity contribution >= 4 is 16.1 Å². The molecule has 2 N–H and O–H groups in total. The quantitative estimate of drug-likeness (QED) is 0.846. The predicted molar refractivity (Wildman–Crippen MR) is 71.1 cm³/mol. The standard InChI is InChI=1S/C13H17NO3S/c15-13-8-12(9-13)10-14-18(16,17)7-6-11-4-2-1-3-5-11/h1-7,12-15H,8-10H2. The summed E-state index contributed by atoms with van der Waals surface area (Å²) in [6.07, 6.45) is 2.69. The lowest BCUT2D eigenvalue weighted by Crippen LogP contribution is -2.37. The monoisotopic (exact) mass is 267 g/mol. The Morgan fingerprint density at radius 2 is 1.94 bits per heavy atom. The zero-order chi connectivity index (χ0) is 13.0. The van der Waals surface area contributed by atoms with Crippen molar-refractivity contribution in [3.05, 3.63) is 41.3 Å². The van der Waals surface area contributed by atoms with Crippen LogP contribution in [0.15, 0.2) is 35.7 Å². The fourth-order valence-corrected chi connectivity index (χ4v) is 2.78. The van der Waals surface area contributed by atoms with Gasteiger partial charge in [0.05, 0.1) is 6.10 Å². The fourth-order valence-electron chi connectivity index (χ4n) is 1.88. The second kappa shape index (κ2) is 5.65. The van der Waals surface area contributed by atoms with Crippen LogP contribution in [0.5, 0.6) is 0 Å². The van der Waals surface area contributed by atoms with Crippen LogP contribution in [0.25, 0.3) is 6.08 Å². The minimum atomic E-state index is -3.38. The lowest BCUT2D eigenvalue weighted by Gasteiger charge is -2.31. The van der Waals surface area contributed by atoms with Crippen LogP contribution in [0.2, 0.25) is 0 Å². The highest BCUT2D eigenvalue weighted by atomic mass is 32.2. The molecule has 1 aromatic rings. The van der Waals surface area contributed by atoms with Gasteiger partial charge in [-0.05, 0) is 30.4 Å². The second-order valence-corrected chi connectivity index (χ2v) is 6.25. The van der Waals surface area contributed by atoms with Crippen molar-refractivity contribution in [1.29, 1.82) is 0 Å². The fraction of sp³-hybridized carbons (Fsp3) is 0.385. The molecule has 18 heavy (non-hydrogen) atoms. The molecule has 2 rings (SSSR count). The smallest absolute Gasteiger partial charge is 0.233 e. The zero-order valence-corrected chi connectivity index (χ0v) is 10.8. The summed E-state index contributed by atoms with van der Waals surface area (Å²) < 4.78 is 25.9. The molecule has 1 saturated carbocycles. The van der Waals surface area contributed by atoms with E-state index in [1.807, 2.05) is 30.3 Å². The first-order chi connectivity index (χ1) is 8.55. The van der Waals surface area contributed by atoms with E-state index in [0.29, 0.717) is 19.4 Å². The van der Waals surface area contributed by atoms with Gasteiger partial charge < -0.3 is 5.11 Å². The number of nitrogens with one attached hydrogen (secondary N) is 1. The molecule has 0 radical (unpaired) electrons. The Morgan fingerprint density at radius 1 is 1.28 bits per heavy atom. The predicted octanol–water partition coefficient (Wildman–Crippen LogP) is 1.35. The molecule has 1 fully saturated rings. The summed E-state index contributed by atoms with van der Waals surface area (Å²) in [7, 11) is -3.38. The van der Waals surface area contributed by atoms with E-state index in [0.717, 1.165) is 5.56 Å². The molecule has 0 aliphatic heterocycles. The molecule has 1 aromatic carbocycles. The van der Waals surface area contributed by atoms with Crippen LogP contribution in [0, 0.1) is 5.92 Å². The van der Waals surface area contributed by atoms with Gasteiger partial charge >= 0.3 is 0 Å². The minimum absolute atomic E-state index is 0.251. The molecule has 98 valence electrons. The van der Waals surface area contributed by atoms with E-state index in [-0.39, 0.29) is 12.0 Å². The van der Waals surface area contributed by atoms with Crippen molar-refractivity contribution in [2.75, 3.05) is 6.54 Å². The average Bonchev–Trinajstić information content (AvgIpc) is 2.32. The number of hydrogen-bond donors (Lipinski definition) is 2. The number of rotatable bonds is 5. The first-order valence-corrected chi connectivity index (χ1v) is 7.51. The Kier molecular flexibility index (Phi) is 4.16. The lowest BCUT2D eigenvalue weighted by atomic mass is 9.83. The summed E-state index contributed by atoms with van der Waals surface area (Å²) >= 11 is 0. The van der Waals surface area contributed by atoms with Gasteiger partial charge in [0.15, 0.2) is 0 Å². The van der Waals surface area contributed by atoms with Gasteiger partial charge in [0, 0.05) is 12.0 Å². The number of aliphatic hydroxyl groups is 1. The Morgan fingerprint density at radius 3 is 2.56 bits per heavy atom. The summed E-state index contributed by atoms with van der Waals surface area (Å²) in [5.41, 5.74) is 0.849. The van der Waals surface area contributed by atoms with Crippen molar-refractivity contribution in [3.63, 3.8) is 0 Å². The molecule has 0 unspecified atom stereocenters. The molecule has 0 bridgehead atoms. The van der Waals surface area contributed by atoms with Crippen LogP contribution in [-0.4, -0.2) is 26.2 Å². The number of hydrogen-bond acceptors (Lipinski definition) is 3. The molecule has 4 nitrogen and oxygen atoms in total. The first kappa shape index (κ1) is 13.3. The van der Waals surface area contributed by atoms with Crippen molar-refractivity contribution in [2.24, 2.45) is 5.92 Å². The maximum atomic E-state index is 11.7. The van der Waals surface area contributed by atoms with Crippen LogP contribution < -0.4 is 4.72 Å². The first-order valence-electron chi connectivity index (χ1n) is 5.96. The molecule has 0 heterocycles. The van der Waals surface area contributed by atoms with Crippen LogP contribution in [-0.2, 0) is 10.0 Å². The molecule has 0 saturated heterocycles. The van der Waals surface area contributed by atoms with E-state index < -0.39 is 10.0 Å². The van der Waals surface area contributed by atoms with Crippen molar-refractivity contribution in [3.8, 4) is 0 Å². The van der Waals surface area contributed by atoms with Gasteiger partial charge in [0.1, 0.15) is 0 Å². The van der Waals surface area contributed by atoms with Gasteiger partial charge in [0.25, 0.3) is 0 Å². The van der Waals surface area contributed by atoms with Crippen molar-refractivity contribution in [2.45, 2.75) is 18.9 Å². The summed E-state index contributed by atoms with van der Waals surface area (Å²) in [6.45, 7) is 0.401. The highest BCUT2D eigenvalue weighted by molar-refractivity contribution is 7.92. The average molecular weight is 267 g/mol. The largest absolute Gasteiger partial charge is 0.393 e. The summed E-state index contributed by atoms with van der Waals surface area (Å²) in [6, 6.07) is 9.28. The topological polar surface area (TPSA) is 66.4 Å². The molecule has 0 aromatic heterocycles. The van der Waals surface area contributed by atoms with Gasteiger partial charge in [-0.2, -0.15) is 0 Å². The SMILES string of the molecule is O=S(=O)(C=Cc1ccccc1)NCC1CC(O)C1. The van der Waals surface area contributed by atoms with E-state index in [1.54, 1.807) is 6.08 Å². The molecule has 1 aliphatic carbocycles. The molecule has 0 amide bonds. The second-order valence-electron chi connectivity index (χ2n) is 4.60. The summed E-state index contributed by atoms with van der Waals surface area (Å²) in [5, 5.41) is 10.3. The molecule has 1 aliphatic rings. The molecule has 5 heteroatoms. The highest BCUT2D eigenvalue weighted by Gasteiger charge is 2.27. The van der Waals surface area contributed by atoms with Crippen LogP contribution >= 0.6 is 0 Å². The maximum Gasteiger partial charge on any atom is 0.233 e. The van der Waals surface area contributed by atoms with Gasteiger partial charge in [-0.25, -0.2) is 13.1 Å². The third-order valence-corrected chi connectivity index (χ3v) is 4.09. The molecular weight excluding hydrogens is 250 g/mol. The van der Waals surface area contributed by atoms with Crippen molar-refractivity contribution < 1.29 is 13.5 Å². The number of aliphatic hydroxyl groups excluding tert-OH is 1. The lowest BCUT2D eigenvalue weighted by molar-refractivity contribution is 0.0453. The summed E-state index contributed by atoms with van der Waals surface area (Å²) in [4.78, 5) is 0. The molecule has 0 atom stereocenters. The molecule has 0 spiro atoms. The van der Waals surface area contributed by atoms with E-state index in [2.05, 4.69) is 4.72 Å². The summed E-state index contributed by atoms with van der Waals surface area (Å²) in [5.74, 6) is 0.264. The van der Waals surface area contributed by atoms with Crippen molar-refractivity contribution in [1.82, 2.24) is 4.72 Å². The van der Waals surface area contributed by atoms with E-state index in [4.69, 9.17) is 5.11 Å². The van der Waals surface area contributed by atoms with Gasteiger partial charge in [-0.15, -0.1) is 0 Å². The highest BCUT2D eigenvalue weighted by Crippen LogP contribution is 2.26. The zero-order valence-electron chi connectivity index (χ0n) is 9.99. The minimum Gasteiger partial charge on any atom is -0.393 e. The van der Waals surface area contributed by atoms with E-state index in [1.165, 1.54) is 5.41 Å². The van der Waals surface area contributed by atoms with E-state index in [9.17, 15) is 8.42 Å². The Labute approximate surface area is 107 Å². The maximum absolute atomic E-state index is 11.7. The van der Waals surface area contributed by atoms with Gasteiger partial charge in [0.2, 0.25) is 10.0 Å². The Balaban J connectivity index is 1.85. The normalized spacial score (nSPS) is 24.1. The van der Waals surface area contributed by atoms with E-state index >= 15 is 0 Å². The van der Waals surface area contributed by atoms with Crippen LogP contribution in [0.1, 0.15) is 18.4 Å². The third kappa shape index (κ3) is 3.94. The molecular formula is C13H17NO3S. The number of sulfonamides is 1. The third-order valence-electron chi connectivity index (χ3n) is 3.02. The van der Waals surface area contributed by atoms with Gasteiger partial charge in [-0.1, -0.05) is 30.3 Å². The number of benzene rings is 1.